The van der Waals surface area contributed by atoms with Gasteiger partial charge in [0.25, 0.3) is 5.91 Å². The molecule has 1 amide bonds. The molecule has 2 heterocycles. The minimum absolute atomic E-state index is 0.0535. The molecule has 0 saturated heterocycles. The lowest BCUT2D eigenvalue weighted by atomic mass is 10.2. The van der Waals surface area contributed by atoms with Crippen LogP contribution in [0.2, 0.25) is 0 Å². The van der Waals surface area contributed by atoms with Crippen LogP contribution in [0.4, 0.5) is 5.95 Å². The lowest BCUT2D eigenvalue weighted by molar-refractivity contribution is 0.0938. The summed E-state index contributed by atoms with van der Waals surface area (Å²) in [5.74, 6) is 1.69. The lowest BCUT2D eigenvalue weighted by Crippen LogP contribution is -2.31. The second-order valence-corrected chi connectivity index (χ2v) is 5.89. The SMILES string of the molecule is Cc1cc(C(=O)NC(C)C)nc(NCc2ccc3c(c2)OCO3)n1. The van der Waals surface area contributed by atoms with Crippen LogP contribution in [0.1, 0.15) is 35.6 Å². The van der Waals surface area contributed by atoms with Gasteiger partial charge in [-0.1, -0.05) is 6.07 Å². The molecule has 0 spiro atoms. The number of nitrogens with one attached hydrogen (secondary N) is 2. The summed E-state index contributed by atoms with van der Waals surface area (Å²) in [6, 6.07) is 7.46. The van der Waals surface area contributed by atoms with Gasteiger partial charge in [0, 0.05) is 18.3 Å². The van der Waals surface area contributed by atoms with Crippen LogP contribution in [0.25, 0.3) is 0 Å². The van der Waals surface area contributed by atoms with Crippen molar-refractivity contribution in [3.05, 3.63) is 41.2 Å². The number of hydrogen-bond donors (Lipinski definition) is 2. The van der Waals surface area contributed by atoms with E-state index < -0.39 is 0 Å². The van der Waals surface area contributed by atoms with Gasteiger partial charge in [-0.15, -0.1) is 0 Å². The van der Waals surface area contributed by atoms with E-state index in [-0.39, 0.29) is 18.7 Å². The fourth-order valence-corrected chi connectivity index (χ4v) is 2.33. The van der Waals surface area contributed by atoms with Crippen molar-refractivity contribution in [1.29, 1.82) is 0 Å². The number of nitrogens with zero attached hydrogens (tertiary/aromatic N) is 2. The Morgan fingerprint density at radius 2 is 2.00 bits per heavy atom. The molecule has 1 aromatic heterocycles. The molecule has 0 radical (unpaired) electrons. The van der Waals surface area contributed by atoms with Gasteiger partial charge in [0.1, 0.15) is 5.69 Å². The number of carbonyl (C=O) groups excluding carboxylic acids is 1. The molecule has 7 heteroatoms. The molecule has 2 aromatic rings. The van der Waals surface area contributed by atoms with E-state index in [0.29, 0.717) is 18.2 Å². The van der Waals surface area contributed by atoms with Gasteiger partial charge in [-0.25, -0.2) is 9.97 Å². The Morgan fingerprint density at radius 3 is 2.79 bits per heavy atom. The van der Waals surface area contributed by atoms with Crippen molar-refractivity contribution in [3.8, 4) is 11.5 Å². The van der Waals surface area contributed by atoms with E-state index in [2.05, 4.69) is 20.6 Å². The maximum atomic E-state index is 12.1. The molecule has 0 atom stereocenters. The molecule has 2 N–H and O–H groups in total. The Bertz CT molecular complexity index is 761. The van der Waals surface area contributed by atoms with Crippen molar-refractivity contribution >= 4 is 11.9 Å². The number of benzene rings is 1. The Hall–Kier alpha value is -2.83. The van der Waals surface area contributed by atoms with Gasteiger partial charge in [-0.3, -0.25) is 4.79 Å². The molecule has 0 fully saturated rings. The third-order valence-electron chi connectivity index (χ3n) is 3.39. The number of anilines is 1. The standard InChI is InChI=1S/C17H20N4O3/c1-10(2)19-16(22)13-6-11(3)20-17(21-13)18-8-12-4-5-14-15(7-12)24-9-23-14/h4-7,10H,8-9H2,1-3H3,(H,19,22)(H,18,20,21). The zero-order chi connectivity index (χ0) is 17.1. The van der Waals surface area contributed by atoms with Gasteiger partial charge in [0.05, 0.1) is 0 Å². The van der Waals surface area contributed by atoms with Gasteiger partial charge < -0.3 is 20.1 Å². The highest BCUT2D eigenvalue weighted by Crippen LogP contribution is 2.32. The third kappa shape index (κ3) is 3.73. The van der Waals surface area contributed by atoms with Gasteiger partial charge in [0.15, 0.2) is 11.5 Å². The molecule has 0 unspecified atom stereocenters. The first-order valence-corrected chi connectivity index (χ1v) is 7.80. The maximum Gasteiger partial charge on any atom is 0.270 e. The van der Waals surface area contributed by atoms with Crippen LogP contribution in [-0.4, -0.2) is 28.7 Å². The minimum atomic E-state index is -0.207. The van der Waals surface area contributed by atoms with Gasteiger partial charge >= 0.3 is 0 Å². The fraction of sp³-hybridized carbons (Fsp3) is 0.353. The molecule has 1 aliphatic heterocycles. The maximum absolute atomic E-state index is 12.1. The molecule has 1 aromatic carbocycles. The van der Waals surface area contributed by atoms with Crippen LogP contribution < -0.4 is 20.1 Å². The third-order valence-corrected chi connectivity index (χ3v) is 3.39. The predicted molar refractivity (Wildman–Crippen MR) is 89.3 cm³/mol. The van der Waals surface area contributed by atoms with Crippen molar-refractivity contribution in [2.75, 3.05) is 12.1 Å². The summed E-state index contributed by atoms with van der Waals surface area (Å²) in [7, 11) is 0. The molecule has 0 bridgehead atoms. The van der Waals surface area contributed by atoms with E-state index in [1.807, 2.05) is 39.0 Å². The van der Waals surface area contributed by atoms with Crippen molar-refractivity contribution < 1.29 is 14.3 Å². The summed E-state index contributed by atoms with van der Waals surface area (Å²) in [4.78, 5) is 20.7. The molecule has 0 aliphatic carbocycles. The van der Waals surface area contributed by atoms with Crippen LogP contribution in [-0.2, 0) is 6.54 Å². The first-order valence-electron chi connectivity index (χ1n) is 7.80. The summed E-state index contributed by atoms with van der Waals surface area (Å²) in [6.45, 7) is 6.42. The Morgan fingerprint density at radius 1 is 1.21 bits per heavy atom. The zero-order valence-corrected chi connectivity index (χ0v) is 13.9. The quantitative estimate of drug-likeness (QED) is 0.876. The monoisotopic (exact) mass is 328 g/mol. The highest BCUT2D eigenvalue weighted by molar-refractivity contribution is 5.92. The summed E-state index contributed by atoms with van der Waals surface area (Å²) in [6.07, 6.45) is 0. The highest BCUT2D eigenvalue weighted by atomic mass is 16.7. The van der Waals surface area contributed by atoms with Crippen LogP contribution >= 0.6 is 0 Å². The number of amides is 1. The van der Waals surface area contributed by atoms with Gasteiger partial charge in [-0.05, 0) is 44.5 Å². The number of fused-ring (bicyclic) bond motifs is 1. The molecular weight excluding hydrogens is 308 g/mol. The number of aryl methyl sites for hydroxylation is 1. The highest BCUT2D eigenvalue weighted by Gasteiger charge is 2.14. The van der Waals surface area contributed by atoms with Crippen LogP contribution in [0.5, 0.6) is 11.5 Å². The fourth-order valence-electron chi connectivity index (χ4n) is 2.33. The van der Waals surface area contributed by atoms with E-state index in [4.69, 9.17) is 9.47 Å². The Labute approximate surface area is 140 Å². The van der Waals surface area contributed by atoms with E-state index in [0.717, 1.165) is 22.8 Å². The molecule has 24 heavy (non-hydrogen) atoms. The first-order chi connectivity index (χ1) is 11.5. The van der Waals surface area contributed by atoms with E-state index in [1.54, 1.807) is 6.07 Å². The Kier molecular flexibility index (Phi) is 4.50. The van der Waals surface area contributed by atoms with E-state index in [9.17, 15) is 4.79 Å². The average molecular weight is 328 g/mol. The number of carbonyl (C=O) groups is 1. The van der Waals surface area contributed by atoms with Crippen LogP contribution in [0, 0.1) is 6.92 Å². The number of ether oxygens (including phenoxy) is 2. The molecule has 0 saturated carbocycles. The number of aromatic nitrogens is 2. The summed E-state index contributed by atoms with van der Waals surface area (Å²) in [5, 5.41) is 5.97. The normalized spacial score (nSPS) is 12.3. The molecule has 1 aliphatic rings. The first kappa shape index (κ1) is 16.0. The second-order valence-electron chi connectivity index (χ2n) is 5.89. The molecule has 7 nitrogen and oxygen atoms in total. The largest absolute Gasteiger partial charge is 0.454 e. The predicted octanol–water partition coefficient (Wildman–Crippen LogP) is 2.26. The summed E-state index contributed by atoms with van der Waals surface area (Å²) in [5.41, 5.74) is 2.09. The second kappa shape index (κ2) is 6.74. The molecule has 3 rings (SSSR count). The van der Waals surface area contributed by atoms with Crippen LogP contribution in [0.3, 0.4) is 0 Å². The molecule has 126 valence electrons. The van der Waals surface area contributed by atoms with Crippen molar-refractivity contribution in [3.63, 3.8) is 0 Å². The zero-order valence-electron chi connectivity index (χ0n) is 13.9. The molecular formula is C17H20N4O3. The average Bonchev–Trinajstić information content (AvgIpc) is 2.99. The number of hydrogen-bond acceptors (Lipinski definition) is 6. The summed E-state index contributed by atoms with van der Waals surface area (Å²) >= 11 is 0. The van der Waals surface area contributed by atoms with Crippen molar-refractivity contribution in [2.45, 2.75) is 33.4 Å². The van der Waals surface area contributed by atoms with E-state index >= 15 is 0 Å². The minimum Gasteiger partial charge on any atom is -0.454 e. The summed E-state index contributed by atoms with van der Waals surface area (Å²) < 4.78 is 10.7. The number of rotatable bonds is 5. The van der Waals surface area contributed by atoms with E-state index in [1.165, 1.54) is 0 Å². The van der Waals surface area contributed by atoms with Crippen molar-refractivity contribution in [1.82, 2.24) is 15.3 Å². The van der Waals surface area contributed by atoms with Gasteiger partial charge in [0.2, 0.25) is 12.7 Å². The smallest absolute Gasteiger partial charge is 0.270 e. The van der Waals surface area contributed by atoms with Crippen molar-refractivity contribution in [2.24, 2.45) is 0 Å². The lowest BCUT2D eigenvalue weighted by Gasteiger charge is -2.10. The van der Waals surface area contributed by atoms with Gasteiger partial charge in [-0.2, -0.15) is 0 Å². The Balaban J connectivity index is 1.71. The topological polar surface area (TPSA) is 85.4 Å². The van der Waals surface area contributed by atoms with Crippen LogP contribution in [0.15, 0.2) is 24.3 Å².